The number of thioether (sulfide) groups is 1. The predicted molar refractivity (Wildman–Crippen MR) is 197 cm³/mol. The number of ether oxygens (including phenoxy) is 3. The molecule has 5 rings (SSSR count). The van der Waals surface area contributed by atoms with E-state index in [4.69, 9.17) is 14.2 Å². The minimum absolute atomic E-state index is 0.0113. The largest absolute Gasteiger partial charge is 0.465 e. The lowest BCUT2D eigenvalue weighted by atomic mass is 10.0. The van der Waals surface area contributed by atoms with Gasteiger partial charge < -0.3 is 35.5 Å². The quantitative estimate of drug-likeness (QED) is 0.0641. The first-order valence-electron chi connectivity index (χ1n) is 17.0. The molecule has 3 atom stereocenters. The van der Waals surface area contributed by atoms with Gasteiger partial charge in [0.1, 0.15) is 0 Å². The third-order valence-corrected chi connectivity index (χ3v) is 12.5. The molecule has 0 aromatic heterocycles. The zero-order chi connectivity index (χ0) is 35.1. The number of unbranched alkanes of at least 4 members (excludes halogenated alkanes) is 1. The number of fused-ring (bicyclic) bond motifs is 1. The number of methoxy groups -OCH3 is 1. The Morgan fingerprint density at radius 1 is 0.840 bits per heavy atom. The topological polar surface area (TPSA) is 144 Å². The molecule has 11 nitrogen and oxygen atoms in total. The summed E-state index contributed by atoms with van der Waals surface area (Å²) in [5.74, 6) is 0.240. The molecule has 2 aliphatic rings. The summed E-state index contributed by atoms with van der Waals surface area (Å²) in [6, 6.07) is 25.4. The van der Waals surface area contributed by atoms with Crippen molar-refractivity contribution in [2.24, 2.45) is 0 Å². The van der Waals surface area contributed by atoms with E-state index < -0.39 is 13.9 Å². The maximum Gasteiger partial charge on any atom is 0.338 e. The van der Waals surface area contributed by atoms with Gasteiger partial charge in [0.2, 0.25) is 5.91 Å². The molecule has 0 saturated carbocycles. The first-order chi connectivity index (χ1) is 24.4. The molecule has 0 radical (unpaired) electrons. The van der Waals surface area contributed by atoms with Crippen LogP contribution in [0.4, 0.5) is 4.79 Å². The highest BCUT2D eigenvalue weighted by Crippen LogP contribution is 2.35. The van der Waals surface area contributed by atoms with Gasteiger partial charge in [0.25, 0.3) is 5.91 Å². The fourth-order valence-electron chi connectivity index (χ4n) is 6.01. The van der Waals surface area contributed by atoms with Crippen molar-refractivity contribution in [2.45, 2.75) is 43.0 Å². The summed E-state index contributed by atoms with van der Waals surface area (Å²) >= 11 is 1.89. The monoisotopic (exact) mass is 720 g/mol. The van der Waals surface area contributed by atoms with Gasteiger partial charge in [0.15, 0.2) is 0 Å². The van der Waals surface area contributed by atoms with E-state index >= 15 is 0 Å². The second kappa shape index (κ2) is 19.4. The number of benzene rings is 3. The highest BCUT2D eigenvalue weighted by atomic mass is 32.2. The molecule has 0 bridgehead atoms. The Morgan fingerprint density at radius 3 is 2.16 bits per heavy atom. The van der Waals surface area contributed by atoms with E-state index in [1.165, 1.54) is 7.11 Å². The van der Waals surface area contributed by atoms with Crippen molar-refractivity contribution in [1.82, 2.24) is 21.3 Å². The molecule has 0 spiro atoms. The maximum atomic E-state index is 13.1. The number of urea groups is 1. The molecule has 2 aliphatic heterocycles. The van der Waals surface area contributed by atoms with Gasteiger partial charge in [-0.15, -0.1) is 0 Å². The first-order valence-corrected chi connectivity index (χ1v) is 19.3. The summed E-state index contributed by atoms with van der Waals surface area (Å²) in [6.45, 7) is 2.17. The normalized spacial score (nSPS) is 17.9. The van der Waals surface area contributed by atoms with Crippen LogP contribution in [0.5, 0.6) is 0 Å². The van der Waals surface area contributed by atoms with Crippen LogP contribution >= 0.6 is 19.7 Å². The summed E-state index contributed by atoms with van der Waals surface area (Å²) in [6.07, 6.45) is 3.23. The number of carbonyl (C=O) groups is 4. The van der Waals surface area contributed by atoms with Crippen LogP contribution < -0.4 is 37.2 Å². The summed E-state index contributed by atoms with van der Waals surface area (Å²) < 4.78 is 16.3. The van der Waals surface area contributed by atoms with Gasteiger partial charge in [0, 0.05) is 41.4 Å². The average molecular weight is 721 g/mol. The van der Waals surface area contributed by atoms with Gasteiger partial charge in [0.05, 0.1) is 51.2 Å². The third kappa shape index (κ3) is 10.5. The maximum absolute atomic E-state index is 13.1. The molecule has 0 aliphatic carbocycles. The number of nitrogens with one attached hydrogen (secondary N) is 4. The first kappa shape index (κ1) is 37.3. The number of carbonyl (C=O) groups excluding carboxylic acids is 4. The lowest BCUT2D eigenvalue weighted by molar-refractivity contribution is -0.121. The molecule has 13 heteroatoms. The second-order valence-corrected chi connectivity index (χ2v) is 15.4. The number of hydrogen-bond acceptors (Lipinski definition) is 8. The van der Waals surface area contributed by atoms with Crippen molar-refractivity contribution in [1.29, 1.82) is 0 Å². The summed E-state index contributed by atoms with van der Waals surface area (Å²) in [5, 5.41) is 15.0. The zero-order valence-corrected chi connectivity index (χ0v) is 29.9. The average Bonchev–Trinajstić information content (AvgIpc) is 3.70. The number of hydrogen-bond donors (Lipinski definition) is 4. The summed E-state index contributed by atoms with van der Waals surface area (Å²) in [5.41, 5.74) is 0.873. The van der Waals surface area contributed by atoms with Gasteiger partial charge in [-0.3, -0.25) is 9.59 Å². The Labute approximate surface area is 298 Å². The third-order valence-electron chi connectivity index (χ3n) is 8.49. The van der Waals surface area contributed by atoms with Gasteiger partial charge in [-0.25, -0.2) is 9.59 Å². The molecule has 50 heavy (non-hydrogen) atoms. The van der Waals surface area contributed by atoms with Gasteiger partial charge >= 0.3 is 12.0 Å². The second-order valence-electron chi connectivity index (χ2n) is 11.9. The van der Waals surface area contributed by atoms with Crippen LogP contribution in [0, 0.1) is 0 Å². The smallest absolute Gasteiger partial charge is 0.338 e. The molecule has 266 valence electrons. The van der Waals surface area contributed by atoms with Crippen molar-refractivity contribution >= 4 is 59.4 Å². The fourth-order valence-corrected chi connectivity index (χ4v) is 10.0. The summed E-state index contributed by atoms with van der Waals surface area (Å²) in [4.78, 5) is 49.6. The Bertz CT molecular complexity index is 1540. The predicted octanol–water partition coefficient (Wildman–Crippen LogP) is 2.84. The van der Waals surface area contributed by atoms with Crippen molar-refractivity contribution in [3.05, 3.63) is 90.0 Å². The Hall–Kier alpha value is -3.96. The minimum atomic E-state index is -1.14. The van der Waals surface area contributed by atoms with Crippen LogP contribution in [0.2, 0.25) is 0 Å². The van der Waals surface area contributed by atoms with Gasteiger partial charge in [-0.1, -0.05) is 67.1 Å². The Morgan fingerprint density at radius 2 is 1.50 bits per heavy atom. The van der Waals surface area contributed by atoms with E-state index in [2.05, 4.69) is 21.3 Å². The van der Waals surface area contributed by atoms with E-state index in [9.17, 15) is 19.2 Å². The molecule has 4 amide bonds. The number of esters is 1. The van der Waals surface area contributed by atoms with Crippen molar-refractivity contribution < 1.29 is 33.4 Å². The van der Waals surface area contributed by atoms with Crippen LogP contribution in [-0.4, -0.2) is 93.5 Å². The molecule has 0 unspecified atom stereocenters. The Balaban J connectivity index is 0.975. The van der Waals surface area contributed by atoms with Crippen molar-refractivity contribution in [3.8, 4) is 0 Å². The Kier molecular flexibility index (Phi) is 14.5. The van der Waals surface area contributed by atoms with E-state index in [-0.39, 0.29) is 29.9 Å². The molecule has 2 saturated heterocycles. The summed E-state index contributed by atoms with van der Waals surface area (Å²) in [7, 11) is 0.215. The van der Waals surface area contributed by atoms with Crippen LogP contribution in [0.3, 0.4) is 0 Å². The molecule has 4 N–H and O–H groups in total. The SMILES string of the molecule is COC(=O)c1ccc(C(=O)NCCOCCOCCNC(=O)CCCC[C@@H]2SC[C@@H]3NC(=O)N[C@@H]32)cc1P(c1ccccc1)c1ccccc1. The van der Waals surface area contributed by atoms with Gasteiger partial charge in [-0.2, -0.15) is 11.8 Å². The lowest BCUT2D eigenvalue weighted by Gasteiger charge is -2.22. The lowest BCUT2D eigenvalue weighted by Crippen LogP contribution is -2.36. The molecule has 3 aromatic carbocycles. The number of amides is 4. The fraction of sp³-hybridized carbons (Fsp3) is 0.405. The minimum Gasteiger partial charge on any atom is -0.465 e. The van der Waals surface area contributed by atoms with Crippen LogP contribution in [0.1, 0.15) is 46.4 Å². The molecular weight excluding hydrogens is 675 g/mol. The zero-order valence-electron chi connectivity index (χ0n) is 28.2. The highest BCUT2D eigenvalue weighted by molar-refractivity contribution is 8.00. The van der Waals surface area contributed by atoms with Gasteiger partial charge in [-0.05, 0) is 49.6 Å². The van der Waals surface area contributed by atoms with E-state index in [1.807, 2.05) is 72.4 Å². The molecule has 2 fully saturated rings. The molecule has 3 aromatic rings. The van der Waals surface area contributed by atoms with Crippen LogP contribution in [0.15, 0.2) is 78.9 Å². The van der Waals surface area contributed by atoms with E-state index in [1.54, 1.807) is 18.2 Å². The van der Waals surface area contributed by atoms with E-state index in [0.717, 1.165) is 40.9 Å². The molecule has 2 heterocycles. The highest BCUT2D eigenvalue weighted by Gasteiger charge is 2.42. The van der Waals surface area contributed by atoms with Crippen LogP contribution in [-0.2, 0) is 19.0 Å². The van der Waals surface area contributed by atoms with Crippen molar-refractivity contribution in [3.63, 3.8) is 0 Å². The van der Waals surface area contributed by atoms with E-state index in [0.29, 0.717) is 62.3 Å². The molecular formula is C37H45N4O7PS. The standard InChI is InChI=1S/C37H45N4O7PS/c1-46-36(44)29-17-16-26(24-31(29)49(27-10-4-2-5-11-27)28-12-6-3-7-13-28)35(43)39-19-21-48-23-22-47-20-18-38-33(42)15-9-8-14-32-34-30(25-50-32)40-37(45)41-34/h2-7,10-13,16-17,24,30,32,34H,8-9,14-15,18-23,25H2,1H3,(H,38,42)(H,39,43)(H2,40,41,45)/t30-,32-,34-/m0/s1. The van der Waals surface area contributed by atoms with Crippen molar-refractivity contribution in [2.75, 3.05) is 52.4 Å². The van der Waals surface area contributed by atoms with Crippen LogP contribution in [0.25, 0.3) is 0 Å². The number of rotatable bonds is 19.